The second-order valence-electron chi connectivity index (χ2n) is 9.91. The fraction of sp³-hybridized carbons (Fsp3) is 0.267. The molecule has 5 rings (SSSR count). The van der Waals surface area contributed by atoms with E-state index in [-0.39, 0.29) is 17.7 Å². The van der Waals surface area contributed by atoms with E-state index in [1.54, 1.807) is 67.6 Å². The zero-order valence-corrected chi connectivity index (χ0v) is 21.8. The highest BCUT2D eigenvalue weighted by molar-refractivity contribution is 6.04. The highest BCUT2D eigenvalue weighted by atomic mass is 19.1. The molecule has 0 aromatic heterocycles. The van der Waals surface area contributed by atoms with E-state index in [1.165, 1.54) is 6.92 Å². The Morgan fingerprint density at radius 2 is 1.70 bits per heavy atom. The summed E-state index contributed by atoms with van der Waals surface area (Å²) in [6.07, 6.45) is -4.81. The van der Waals surface area contributed by atoms with Crippen molar-refractivity contribution in [2.24, 2.45) is 5.10 Å². The molecule has 40 heavy (non-hydrogen) atoms. The molecule has 1 fully saturated rings. The van der Waals surface area contributed by atoms with Gasteiger partial charge in [-0.05, 0) is 36.2 Å². The van der Waals surface area contributed by atoms with E-state index in [0.29, 0.717) is 11.1 Å². The van der Waals surface area contributed by atoms with Gasteiger partial charge >= 0.3 is 6.09 Å². The van der Waals surface area contributed by atoms with E-state index in [9.17, 15) is 23.2 Å². The van der Waals surface area contributed by atoms with Crippen LogP contribution in [0.3, 0.4) is 0 Å². The van der Waals surface area contributed by atoms with Crippen LogP contribution in [0.4, 0.5) is 18.0 Å². The van der Waals surface area contributed by atoms with Crippen molar-refractivity contribution < 1.29 is 32.3 Å². The lowest BCUT2D eigenvalue weighted by molar-refractivity contribution is -0.141. The van der Waals surface area contributed by atoms with Crippen molar-refractivity contribution in [3.63, 3.8) is 0 Å². The predicted molar refractivity (Wildman–Crippen MR) is 140 cm³/mol. The minimum Gasteiger partial charge on any atom is -0.439 e. The molecule has 3 aromatic carbocycles. The van der Waals surface area contributed by atoms with Gasteiger partial charge in [0.2, 0.25) is 5.91 Å². The minimum atomic E-state index is -2.27. The molecule has 0 radical (unpaired) electrons. The molecule has 1 saturated heterocycles. The van der Waals surface area contributed by atoms with E-state index < -0.39 is 59.8 Å². The van der Waals surface area contributed by atoms with Crippen LogP contribution in [0.25, 0.3) is 0 Å². The van der Waals surface area contributed by atoms with E-state index in [0.717, 1.165) is 28.1 Å². The number of imide groups is 1. The van der Waals surface area contributed by atoms with Crippen LogP contribution < -0.4 is 0 Å². The number of cyclic esters (lactones) is 1. The van der Waals surface area contributed by atoms with Gasteiger partial charge in [0.25, 0.3) is 5.91 Å². The molecular formula is C30H26F3N3O4. The maximum absolute atomic E-state index is 16.1. The Morgan fingerprint density at radius 1 is 1.05 bits per heavy atom. The maximum atomic E-state index is 16.1. The minimum absolute atomic E-state index is 0.0220. The third-order valence-corrected chi connectivity index (χ3v) is 7.36. The molecule has 206 valence electrons. The number of hydrogen-bond acceptors (Lipinski definition) is 5. The summed E-state index contributed by atoms with van der Waals surface area (Å²) >= 11 is 0. The summed E-state index contributed by atoms with van der Waals surface area (Å²) in [5.74, 6) is -3.19. The number of benzene rings is 3. The standard InChI is InChI=1S/C30H26F3N3O4/c1-18-27(20-9-5-3-6-10-20)40-29(39)35(18)28(38)25(33)16-30(21-11-7-4-8-12-21)17-26(34-36(30)19(2)37)23-15-22(31)13-14-24(23)32/h3-15,18,25,27H,16-17H2,1-2H3/t18-,25?,27-,30-/m0/s1. The normalized spacial score (nSPS) is 23.1. The molecule has 2 heterocycles. The molecule has 0 bridgehead atoms. The quantitative estimate of drug-likeness (QED) is 0.398. The van der Waals surface area contributed by atoms with Crippen molar-refractivity contribution in [1.29, 1.82) is 0 Å². The molecule has 3 amide bonds. The summed E-state index contributed by atoms with van der Waals surface area (Å²) in [6, 6.07) is 19.2. The van der Waals surface area contributed by atoms with Crippen LogP contribution in [-0.2, 0) is 19.9 Å². The summed E-state index contributed by atoms with van der Waals surface area (Å²) < 4.78 is 50.3. The predicted octanol–water partition coefficient (Wildman–Crippen LogP) is 5.65. The van der Waals surface area contributed by atoms with Crippen molar-refractivity contribution >= 4 is 23.6 Å². The lowest BCUT2D eigenvalue weighted by atomic mass is 9.79. The fourth-order valence-corrected chi connectivity index (χ4v) is 5.47. The van der Waals surface area contributed by atoms with Gasteiger partial charge in [0, 0.05) is 25.3 Å². The lowest BCUT2D eigenvalue weighted by Gasteiger charge is -2.37. The van der Waals surface area contributed by atoms with Gasteiger partial charge in [0.05, 0.1) is 11.8 Å². The van der Waals surface area contributed by atoms with E-state index in [4.69, 9.17) is 4.74 Å². The van der Waals surface area contributed by atoms with E-state index in [1.807, 2.05) is 0 Å². The smallest absolute Gasteiger partial charge is 0.417 e. The molecular weight excluding hydrogens is 523 g/mol. The van der Waals surface area contributed by atoms with E-state index in [2.05, 4.69) is 5.10 Å². The van der Waals surface area contributed by atoms with Crippen LogP contribution in [0.1, 0.15) is 49.5 Å². The number of carbonyl (C=O) groups excluding carboxylic acids is 3. The Balaban J connectivity index is 1.49. The number of hydrogen-bond donors (Lipinski definition) is 0. The van der Waals surface area contributed by atoms with Gasteiger partial charge in [-0.3, -0.25) is 9.59 Å². The second kappa shape index (κ2) is 10.6. The molecule has 10 heteroatoms. The van der Waals surface area contributed by atoms with Gasteiger partial charge in [0.15, 0.2) is 6.17 Å². The van der Waals surface area contributed by atoms with Crippen LogP contribution in [0.5, 0.6) is 0 Å². The number of ether oxygens (including phenoxy) is 1. The molecule has 0 N–H and O–H groups in total. The topological polar surface area (TPSA) is 79.3 Å². The Hall–Kier alpha value is -4.47. The van der Waals surface area contributed by atoms with Gasteiger partial charge in [-0.25, -0.2) is 27.9 Å². The Bertz CT molecular complexity index is 1480. The Morgan fingerprint density at radius 3 is 2.35 bits per heavy atom. The van der Waals surface area contributed by atoms with Gasteiger partial charge < -0.3 is 4.74 Å². The third kappa shape index (κ3) is 4.74. The van der Waals surface area contributed by atoms with Gasteiger partial charge in [-0.2, -0.15) is 5.10 Å². The maximum Gasteiger partial charge on any atom is 0.417 e. The summed E-state index contributed by atoms with van der Waals surface area (Å²) in [5, 5.41) is 5.31. The second-order valence-corrected chi connectivity index (χ2v) is 9.91. The lowest BCUT2D eigenvalue weighted by Crippen LogP contribution is -2.49. The van der Waals surface area contributed by atoms with Crippen LogP contribution in [0.15, 0.2) is 84.0 Å². The van der Waals surface area contributed by atoms with Crippen LogP contribution in [0.2, 0.25) is 0 Å². The van der Waals surface area contributed by atoms with Crippen molar-refractivity contribution in [2.45, 2.75) is 50.5 Å². The van der Waals surface area contributed by atoms with Gasteiger partial charge in [-0.15, -0.1) is 0 Å². The average molecular weight is 550 g/mol. The summed E-state index contributed by atoms with van der Waals surface area (Å²) in [5.41, 5.74) is -0.608. The summed E-state index contributed by atoms with van der Waals surface area (Å²) in [7, 11) is 0. The van der Waals surface area contributed by atoms with Crippen molar-refractivity contribution in [1.82, 2.24) is 9.91 Å². The summed E-state index contributed by atoms with van der Waals surface area (Å²) in [4.78, 5) is 39.7. The van der Waals surface area contributed by atoms with Crippen LogP contribution >= 0.6 is 0 Å². The first-order chi connectivity index (χ1) is 19.1. The number of halogens is 3. The zero-order valence-electron chi connectivity index (χ0n) is 21.8. The molecule has 3 aromatic rings. The first-order valence-corrected chi connectivity index (χ1v) is 12.7. The molecule has 0 aliphatic carbocycles. The van der Waals surface area contributed by atoms with Crippen molar-refractivity contribution in [2.75, 3.05) is 0 Å². The molecule has 4 atom stereocenters. The molecule has 0 saturated carbocycles. The first kappa shape index (κ1) is 27.1. The average Bonchev–Trinajstić information content (AvgIpc) is 3.48. The highest BCUT2D eigenvalue weighted by Crippen LogP contribution is 2.44. The monoisotopic (exact) mass is 549 g/mol. The number of amides is 3. The Labute approximate surface area is 228 Å². The molecule has 7 nitrogen and oxygen atoms in total. The molecule has 0 spiro atoms. The Kier molecular flexibility index (Phi) is 7.18. The van der Waals surface area contributed by atoms with Crippen molar-refractivity contribution in [3.8, 4) is 0 Å². The molecule has 2 aliphatic rings. The third-order valence-electron chi connectivity index (χ3n) is 7.36. The zero-order chi connectivity index (χ0) is 28.6. The number of alkyl halides is 1. The molecule has 1 unspecified atom stereocenters. The summed E-state index contributed by atoms with van der Waals surface area (Å²) in [6.45, 7) is 2.80. The fourth-order valence-electron chi connectivity index (χ4n) is 5.47. The van der Waals surface area contributed by atoms with Gasteiger partial charge in [-0.1, -0.05) is 60.7 Å². The van der Waals surface area contributed by atoms with Gasteiger partial charge in [0.1, 0.15) is 23.3 Å². The number of rotatable bonds is 6. The van der Waals surface area contributed by atoms with Crippen LogP contribution in [0, 0.1) is 11.6 Å². The highest BCUT2D eigenvalue weighted by Gasteiger charge is 2.52. The number of carbonyl (C=O) groups is 3. The van der Waals surface area contributed by atoms with Crippen LogP contribution in [-0.4, -0.2) is 45.7 Å². The number of hydrazone groups is 1. The largest absolute Gasteiger partial charge is 0.439 e. The SMILES string of the molecule is CC(=O)N1N=C(c2cc(F)ccc2F)C[C@@]1(CC(F)C(=O)N1C(=O)O[C@H](c2ccccc2)[C@@H]1C)c1ccccc1. The van der Waals surface area contributed by atoms with Crippen molar-refractivity contribution in [3.05, 3.63) is 107 Å². The van der Waals surface area contributed by atoms with E-state index >= 15 is 4.39 Å². The number of nitrogens with zero attached hydrogens (tertiary/aromatic N) is 3. The molecule has 2 aliphatic heterocycles. The first-order valence-electron chi connectivity index (χ1n) is 12.7.